The molecular formula is C20H13I. The molecule has 0 aliphatic heterocycles. The zero-order valence-electron chi connectivity index (χ0n) is 11.4. The maximum atomic E-state index is 2.50. The highest BCUT2D eigenvalue weighted by atomic mass is 127. The van der Waals surface area contributed by atoms with Crippen LogP contribution in [0.2, 0.25) is 0 Å². The van der Waals surface area contributed by atoms with Gasteiger partial charge in [-0.2, -0.15) is 0 Å². The quantitative estimate of drug-likeness (QED) is 0.321. The number of benzene rings is 3. The van der Waals surface area contributed by atoms with Crippen molar-refractivity contribution in [1.29, 1.82) is 0 Å². The molecule has 3 aromatic carbocycles. The maximum Gasteiger partial charge on any atom is 0.0359 e. The maximum absolute atomic E-state index is 2.50. The van der Waals surface area contributed by atoms with Gasteiger partial charge < -0.3 is 0 Å². The molecule has 6 rings (SSSR count). The SMILES string of the molecule is Ic1cccc2c1C1c3ccccc3C2c2ccccc21. The van der Waals surface area contributed by atoms with E-state index in [-0.39, 0.29) is 0 Å². The average Bonchev–Trinajstić information content (AvgIpc) is 2.55. The highest BCUT2D eigenvalue weighted by Crippen LogP contribution is 2.56. The van der Waals surface area contributed by atoms with Crippen LogP contribution in [0.5, 0.6) is 0 Å². The van der Waals surface area contributed by atoms with Crippen molar-refractivity contribution in [3.8, 4) is 0 Å². The summed E-state index contributed by atoms with van der Waals surface area (Å²) < 4.78 is 1.39. The minimum atomic E-state index is 0.408. The third-order valence-corrected chi connectivity index (χ3v) is 5.86. The van der Waals surface area contributed by atoms with Crippen LogP contribution in [0, 0.1) is 3.57 Å². The van der Waals surface area contributed by atoms with Crippen LogP contribution in [-0.4, -0.2) is 0 Å². The van der Waals surface area contributed by atoms with Crippen molar-refractivity contribution in [3.63, 3.8) is 0 Å². The lowest BCUT2D eigenvalue weighted by molar-refractivity contribution is 0.750. The largest absolute Gasteiger partial charge is 0.0619 e. The first-order valence-electron chi connectivity index (χ1n) is 7.32. The van der Waals surface area contributed by atoms with Gasteiger partial charge in [-0.05, 0) is 62.0 Å². The van der Waals surface area contributed by atoms with Gasteiger partial charge in [0.05, 0.1) is 0 Å². The fourth-order valence-electron chi connectivity index (χ4n) is 4.16. The molecule has 0 saturated carbocycles. The molecule has 0 nitrogen and oxygen atoms in total. The summed E-state index contributed by atoms with van der Waals surface area (Å²) in [6, 6.07) is 24.7. The third kappa shape index (κ3) is 1.45. The van der Waals surface area contributed by atoms with Gasteiger partial charge in [0.1, 0.15) is 0 Å². The molecule has 3 aromatic rings. The lowest BCUT2D eigenvalue weighted by atomic mass is 9.61. The zero-order chi connectivity index (χ0) is 14.0. The van der Waals surface area contributed by atoms with E-state index in [0.717, 1.165) is 0 Å². The molecule has 0 amide bonds. The summed E-state index contributed by atoms with van der Waals surface area (Å²) in [7, 11) is 0. The van der Waals surface area contributed by atoms with Crippen LogP contribution in [0.25, 0.3) is 0 Å². The van der Waals surface area contributed by atoms with Gasteiger partial charge in [-0.15, -0.1) is 0 Å². The molecule has 1 heteroatoms. The lowest BCUT2D eigenvalue weighted by Gasteiger charge is -2.42. The van der Waals surface area contributed by atoms with E-state index < -0.39 is 0 Å². The van der Waals surface area contributed by atoms with Gasteiger partial charge in [-0.1, -0.05) is 60.7 Å². The van der Waals surface area contributed by atoms with Gasteiger partial charge in [0.2, 0.25) is 0 Å². The van der Waals surface area contributed by atoms with Crippen LogP contribution in [-0.2, 0) is 0 Å². The molecule has 0 heterocycles. The summed E-state index contributed by atoms with van der Waals surface area (Å²) in [6.07, 6.45) is 0. The topological polar surface area (TPSA) is 0 Å². The summed E-state index contributed by atoms with van der Waals surface area (Å²) in [5.74, 6) is 0.817. The van der Waals surface area contributed by atoms with Crippen molar-refractivity contribution in [2.45, 2.75) is 11.8 Å². The van der Waals surface area contributed by atoms with Crippen molar-refractivity contribution in [2.75, 3.05) is 0 Å². The molecule has 0 N–H and O–H groups in total. The second-order valence-corrected chi connectivity index (χ2v) is 7.03. The predicted molar refractivity (Wildman–Crippen MR) is 93.9 cm³/mol. The summed E-state index contributed by atoms with van der Waals surface area (Å²) in [5, 5.41) is 0. The standard InChI is InChI=1S/C20H13I/c21-17-11-5-10-16-18-12-6-1-3-8-14(12)19(20(16)17)15-9-4-2-7-13(15)18/h1-11,18-19H. The van der Waals surface area contributed by atoms with Crippen molar-refractivity contribution in [2.24, 2.45) is 0 Å². The first kappa shape index (κ1) is 12.0. The van der Waals surface area contributed by atoms with E-state index in [2.05, 4.69) is 89.3 Å². The van der Waals surface area contributed by atoms with E-state index in [9.17, 15) is 0 Å². The minimum Gasteiger partial charge on any atom is -0.0619 e. The first-order valence-corrected chi connectivity index (χ1v) is 8.40. The Morgan fingerprint density at radius 1 is 0.524 bits per heavy atom. The predicted octanol–water partition coefficient (Wildman–Crippen LogP) is 5.28. The van der Waals surface area contributed by atoms with Gasteiger partial charge in [-0.3, -0.25) is 0 Å². The summed E-state index contributed by atoms with van der Waals surface area (Å²) in [4.78, 5) is 0. The number of halogens is 1. The molecular weight excluding hydrogens is 367 g/mol. The van der Waals surface area contributed by atoms with Gasteiger partial charge in [0.15, 0.2) is 0 Å². The number of rotatable bonds is 0. The molecule has 100 valence electrons. The van der Waals surface area contributed by atoms with Gasteiger partial charge >= 0.3 is 0 Å². The Hall–Kier alpha value is -1.61. The Balaban J connectivity index is 1.95. The number of hydrogen-bond donors (Lipinski definition) is 0. The second-order valence-electron chi connectivity index (χ2n) is 5.87. The highest BCUT2D eigenvalue weighted by Gasteiger charge is 2.41. The Morgan fingerprint density at radius 2 is 1.00 bits per heavy atom. The second kappa shape index (κ2) is 4.20. The van der Waals surface area contributed by atoms with E-state index in [0.29, 0.717) is 11.8 Å². The lowest BCUT2D eigenvalue weighted by Crippen LogP contribution is -2.28. The molecule has 0 fully saturated rings. The summed E-state index contributed by atoms with van der Waals surface area (Å²) in [5.41, 5.74) is 9.02. The van der Waals surface area contributed by atoms with Crippen LogP contribution < -0.4 is 0 Å². The van der Waals surface area contributed by atoms with Crippen molar-refractivity contribution < 1.29 is 0 Å². The van der Waals surface area contributed by atoms with Crippen LogP contribution in [0.15, 0.2) is 66.7 Å². The fourth-order valence-corrected chi connectivity index (χ4v) is 4.99. The smallest absolute Gasteiger partial charge is 0.0359 e. The van der Waals surface area contributed by atoms with Gasteiger partial charge in [0.25, 0.3) is 0 Å². The van der Waals surface area contributed by atoms with E-state index in [1.54, 1.807) is 0 Å². The molecule has 21 heavy (non-hydrogen) atoms. The minimum absolute atomic E-state index is 0.408. The van der Waals surface area contributed by atoms with Gasteiger partial charge in [0, 0.05) is 15.4 Å². The van der Waals surface area contributed by atoms with E-state index in [1.807, 2.05) is 0 Å². The fraction of sp³-hybridized carbons (Fsp3) is 0.100. The van der Waals surface area contributed by atoms with Crippen LogP contribution in [0.1, 0.15) is 45.2 Å². The molecule has 0 unspecified atom stereocenters. The zero-order valence-corrected chi connectivity index (χ0v) is 13.5. The molecule has 2 bridgehead atoms. The van der Waals surface area contributed by atoms with Crippen molar-refractivity contribution in [3.05, 3.63) is 104 Å². The van der Waals surface area contributed by atoms with Crippen molar-refractivity contribution >= 4 is 22.6 Å². The molecule has 0 atom stereocenters. The molecule has 0 saturated heterocycles. The molecule has 0 radical (unpaired) electrons. The summed E-state index contributed by atoms with van der Waals surface area (Å²) >= 11 is 2.50. The number of hydrogen-bond acceptors (Lipinski definition) is 0. The average molecular weight is 380 g/mol. The summed E-state index contributed by atoms with van der Waals surface area (Å²) in [6.45, 7) is 0. The van der Waals surface area contributed by atoms with Crippen molar-refractivity contribution in [1.82, 2.24) is 0 Å². The first-order chi connectivity index (χ1) is 10.4. The van der Waals surface area contributed by atoms with Crippen LogP contribution in [0.4, 0.5) is 0 Å². The Morgan fingerprint density at radius 3 is 1.57 bits per heavy atom. The highest BCUT2D eigenvalue weighted by molar-refractivity contribution is 14.1. The van der Waals surface area contributed by atoms with Gasteiger partial charge in [-0.25, -0.2) is 0 Å². The normalized spacial score (nSPS) is 20.6. The van der Waals surface area contributed by atoms with E-state index >= 15 is 0 Å². The molecule has 0 spiro atoms. The molecule has 3 aliphatic rings. The Labute approximate surface area is 138 Å². The third-order valence-electron chi connectivity index (χ3n) is 4.92. The van der Waals surface area contributed by atoms with Crippen LogP contribution >= 0.6 is 22.6 Å². The van der Waals surface area contributed by atoms with E-state index in [1.165, 1.54) is 37.0 Å². The Kier molecular flexibility index (Phi) is 2.40. The monoisotopic (exact) mass is 380 g/mol. The molecule has 0 aromatic heterocycles. The molecule has 3 aliphatic carbocycles. The Bertz CT molecular complexity index is 831. The van der Waals surface area contributed by atoms with Crippen LogP contribution in [0.3, 0.4) is 0 Å². The van der Waals surface area contributed by atoms with E-state index in [4.69, 9.17) is 0 Å².